The maximum Gasteiger partial charge on any atom is 0.522 e. The van der Waals surface area contributed by atoms with Crippen molar-refractivity contribution in [1.82, 2.24) is 5.32 Å². The van der Waals surface area contributed by atoms with Crippen LogP contribution in [0.1, 0.15) is 5.56 Å². The molecule has 0 amide bonds. The molecule has 1 aromatic rings. The van der Waals surface area contributed by atoms with Gasteiger partial charge in [0.05, 0.1) is 20.8 Å². The summed E-state index contributed by atoms with van der Waals surface area (Å²) in [5.41, 5.74) is 0.879. The average molecular weight is 279 g/mol. The van der Waals surface area contributed by atoms with Gasteiger partial charge in [-0.25, -0.2) is 0 Å². The lowest BCUT2D eigenvalue weighted by atomic mass is 10.2. The lowest BCUT2D eigenvalue weighted by molar-refractivity contribution is -0.323. The molecule has 108 valence electrons. The van der Waals surface area contributed by atoms with Crippen LogP contribution in [-0.2, 0) is 11.3 Å². The fourth-order valence-corrected chi connectivity index (χ4v) is 1.46. The van der Waals surface area contributed by atoms with E-state index in [9.17, 15) is 13.2 Å². The lowest BCUT2D eigenvalue weighted by Crippen LogP contribution is -2.23. The largest absolute Gasteiger partial charge is 0.522 e. The molecule has 19 heavy (non-hydrogen) atoms. The number of ether oxygens (including phenoxy) is 3. The van der Waals surface area contributed by atoms with Crippen LogP contribution in [-0.4, -0.2) is 33.7 Å². The van der Waals surface area contributed by atoms with E-state index in [1.807, 2.05) is 0 Å². The van der Waals surface area contributed by atoms with Crippen molar-refractivity contribution >= 4 is 0 Å². The van der Waals surface area contributed by atoms with E-state index in [0.717, 1.165) is 5.56 Å². The van der Waals surface area contributed by atoms with Gasteiger partial charge in [0.15, 0.2) is 11.5 Å². The quantitative estimate of drug-likeness (QED) is 0.778. The smallest absolute Gasteiger partial charge is 0.493 e. The van der Waals surface area contributed by atoms with Crippen LogP contribution in [0.3, 0.4) is 0 Å². The average Bonchev–Trinajstić information content (AvgIpc) is 2.36. The van der Waals surface area contributed by atoms with E-state index in [1.165, 1.54) is 14.2 Å². The molecule has 0 atom stereocenters. The minimum Gasteiger partial charge on any atom is -0.493 e. The number of rotatable bonds is 7. The number of alkyl halides is 3. The van der Waals surface area contributed by atoms with E-state index in [2.05, 4.69) is 10.1 Å². The third kappa shape index (κ3) is 5.80. The van der Waals surface area contributed by atoms with Crippen molar-refractivity contribution in [1.29, 1.82) is 0 Å². The Morgan fingerprint density at radius 1 is 1.11 bits per heavy atom. The van der Waals surface area contributed by atoms with E-state index in [4.69, 9.17) is 9.47 Å². The van der Waals surface area contributed by atoms with E-state index in [0.29, 0.717) is 18.0 Å². The number of halogens is 3. The molecule has 4 nitrogen and oxygen atoms in total. The lowest BCUT2D eigenvalue weighted by Gasteiger charge is -2.11. The van der Waals surface area contributed by atoms with Gasteiger partial charge in [0.2, 0.25) is 0 Å². The van der Waals surface area contributed by atoms with Crippen molar-refractivity contribution in [3.8, 4) is 11.5 Å². The third-order valence-electron chi connectivity index (χ3n) is 2.32. The molecular formula is C12H16F3NO3. The fourth-order valence-electron chi connectivity index (χ4n) is 1.46. The van der Waals surface area contributed by atoms with Crippen LogP contribution in [0.2, 0.25) is 0 Å². The van der Waals surface area contributed by atoms with E-state index < -0.39 is 13.0 Å². The summed E-state index contributed by atoms with van der Waals surface area (Å²) in [5.74, 6) is 1.18. The first-order chi connectivity index (χ1) is 8.96. The normalized spacial score (nSPS) is 11.4. The molecule has 1 aromatic carbocycles. The number of methoxy groups -OCH3 is 2. The molecule has 0 unspecified atom stereocenters. The Bertz CT molecular complexity index is 396. The summed E-state index contributed by atoms with van der Waals surface area (Å²) >= 11 is 0. The Morgan fingerprint density at radius 3 is 2.37 bits per heavy atom. The number of hydrogen-bond acceptors (Lipinski definition) is 4. The maximum absolute atomic E-state index is 11.7. The summed E-state index contributed by atoms with van der Waals surface area (Å²) in [5, 5.41) is 2.84. The second kappa shape index (κ2) is 7.20. The van der Waals surface area contributed by atoms with Gasteiger partial charge < -0.3 is 14.8 Å². The van der Waals surface area contributed by atoms with Crippen LogP contribution in [0.25, 0.3) is 0 Å². The highest BCUT2D eigenvalue weighted by molar-refractivity contribution is 5.42. The molecular weight excluding hydrogens is 263 g/mol. The van der Waals surface area contributed by atoms with Gasteiger partial charge in [0.25, 0.3) is 0 Å². The predicted molar refractivity (Wildman–Crippen MR) is 63.3 cm³/mol. The van der Waals surface area contributed by atoms with Crippen molar-refractivity contribution < 1.29 is 27.4 Å². The van der Waals surface area contributed by atoms with Gasteiger partial charge in [0, 0.05) is 13.1 Å². The first-order valence-electron chi connectivity index (χ1n) is 5.58. The zero-order valence-corrected chi connectivity index (χ0v) is 10.7. The van der Waals surface area contributed by atoms with Gasteiger partial charge in [-0.2, -0.15) is 0 Å². The molecule has 0 saturated carbocycles. The molecule has 0 radical (unpaired) electrons. The summed E-state index contributed by atoms with van der Waals surface area (Å²) < 4.78 is 49.0. The molecule has 1 N–H and O–H groups in total. The van der Waals surface area contributed by atoms with Crippen LogP contribution in [0.4, 0.5) is 13.2 Å². The van der Waals surface area contributed by atoms with Gasteiger partial charge >= 0.3 is 6.36 Å². The molecule has 1 rings (SSSR count). The van der Waals surface area contributed by atoms with Crippen molar-refractivity contribution in [2.75, 3.05) is 27.4 Å². The second-order valence-electron chi connectivity index (χ2n) is 3.66. The van der Waals surface area contributed by atoms with E-state index in [-0.39, 0.29) is 6.54 Å². The highest BCUT2D eigenvalue weighted by atomic mass is 19.4. The summed E-state index contributed by atoms with van der Waals surface area (Å²) in [4.78, 5) is 0. The number of nitrogens with one attached hydrogen (secondary N) is 1. The summed E-state index contributed by atoms with van der Waals surface area (Å²) in [6, 6.07) is 5.30. The molecule has 7 heteroatoms. The van der Waals surface area contributed by atoms with Gasteiger partial charge in [0.1, 0.15) is 0 Å². The standard InChI is InChI=1S/C12H16F3NO3/c1-17-10-4-3-9(7-11(10)18-2)8-16-5-6-19-12(13,14)15/h3-4,7,16H,5-6,8H2,1-2H3. The van der Waals surface area contributed by atoms with Gasteiger partial charge in [-0.3, -0.25) is 4.74 Å². The summed E-state index contributed by atoms with van der Waals surface area (Å²) in [7, 11) is 3.05. The molecule has 0 aliphatic carbocycles. The highest BCUT2D eigenvalue weighted by Crippen LogP contribution is 2.27. The Kier molecular flexibility index (Phi) is 5.91. The molecule has 0 saturated heterocycles. The van der Waals surface area contributed by atoms with Gasteiger partial charge in [-0.05, 0) is 17.7 Å². The molecule has 0 heterocycles. The van der Waals surface area contributed by atoms with Crippen LogP contribution < -0.4 is 14.8 Å². The van der Waals surface area contributed by atoms with Crippen LogP contribution in [0.5, 0.6) is 11.5 Å². The third-order valence-corrected chi connectivity index (χ3v) is 2.32. The Labute approximate surface area is 109 Å². The van der Waals surface area contributed by atoms with Crippen molar-refractivity contribution in [2.24, 2.45) is 0 Å². The van der Waals surface area contributed by atoms with Crippen molar-refractivity contribution in [3.05, 3.63) is 23.8 Å². The number of hydrogen-bond donors (Lipinski definition) is 1. The summed E-state index contributed by atoms with van der Waals surface area (Å²) in [6.07, 6.45) is -4.58. The zero-order valence-electron chi connectivity index (χ0n) is 10.7. The van der Waals surface area contributed by atoms with Gasteiger partial charge in [-0.1, -0.05) is 6.07 Å². The van der Waals surface area contributed by atoms with E-state index in [1.54, 1.807) is 18.2 Å². The highest BCUT2D eigenvalue weighted by Gasteiger charge is 2.28. The fraction of sp³-hybridized carbons (Fsp3) is 0.500. The zero-order chi connectivity index (χ0) is 14.3. The molecule has 0 aromatic heterocycles. The Morgan fingerprint density at radius 2 is 1.79 bits per heavy atom. The van der Waals surface area contributed by atoms with Crippen LogP contribution in [0, 0.1) is 0 Å². The van der Waals surface area contributed by atoms with Crippen LogP contribution >= 0.6 is 0 Å². The monoisotopic (exact) mass is 279 g/mol. The van der Waals surface area contributed by atoms with Crippen molar-refractivity contribution in [3.63, 3.8) is 0 Å². The van der Waals surface area contributed by atoms with E-state index >= 15 is 0 Å². The SMILES string of the molecule is COc1ccc(CNCCOC(F)(F)F)cc1OC. The first kappa shape index (κ1) is 15.6. The molecule has 0 fully saturated rings. The van der Waals surface area contributed by atoms with Gasteiger partial charge in [-0.15, -0.1) is 13.2 Å². The minimum absolute atomic E-state index is 0.105. The van der Waals surface area contributed by atoms with Crippen molar-refractivity contribution in [2.45, 2.75) is 12.9 Å². The second-order valence-corrected chi connectivity index (χ2v) is 3.66. The Hall–Kier alpha value is -1.47. The predicted octanol–water partition coefficient (Wildman–Crippen LogP) is 2.33. The molecule has 0 bridgehead atoms. The number of benzene rings is 1. The summed E-state index contributed by atoms with van der Waals surface area (Å²) in [6.45, 7) is 0.103. The molecule has 0 spiro atoms. The topological polar surface area (TPSA) is 39.7 Å². The first-order valence-corrected chi connectivity index (χ1v) is 5.58. The molecule has 0 aliphatic heterocycles. The maximum atomic E-state index is 11.7. The Balaban J connectivity index is 2.37. The van der Waals surface area contributed by atoms with Crippen LogP contribution in [0.15, 0.2) is 18.2 Å². The minimum atomic E-state index is -4.58. The molecule has 0 aliphatic rings.